The molecule has 0 aliphatic rings. The van der Waals surface area contributed by atoms with Gasteiger partial charge in [0.05, 0.1) is 16.3 Å². The van der Waals surface area contributed by atoms with Crippen molar-refractivity contribution in [3.63, 3.8) is 0 Å². The fourth-order valence-corrected chi connectivity index (χ4v) is 3.43. The number of hydrogen-bond acceptors (Lipinski definition) is 4. The summed E-state index contributed by atoms with van der Waals surface area (Å²) in [6.07, 6.45) is -1.41. The molecular formula is C20H16Cl2N2O3. The van der Waals surface area contributed by atoms with Gasteiger partial charge in [-0.1, -0.05) is 53.5 Å². The molecule has 1 atom stereocenters. The smallest absolute Gasteiger partial charge is 0.214 e. The van der Waals surface area contributed by atoms with Gasteiger partial charge in [-0.2, -0.15) is 5.10 Å². The number of nitrogens with zero attached hydrogens (tertiary/aromatic N) is 2. The Morgan fingerprint density at radius 2 is 1.78 bits per heavy atom. The molecule has 3 rings (SSSR count). The number of ketones is 2. The van der Waals surface area contributed by atoms with E-state index < -0.39 is 17.7 Å². The molecule has 0 saturated carbocycles. The molecule has 1 aromatic heterocycles. The van der Waals surface area contributed by atoms with Gasteiger partial charge in [0.2, 0.25) is 5.78 Å². The molecule has 0 bridgehead atoms. The third-order valence-corrected chi connectivity index (χ3v) is 4.77. The highest BCUT2D eigenvalue weighted by Crippen LogP contribution is 2.28. The molecule has 0 radical (unpaired) electrons. The van der Waals surface area contributed by atoms with Crippen LogP contribution in [0.1, 0.15) is 43.8 Å². The second kappa shape index (κ2) is 7.64. The Morgan fingerprint density at radius 1 is 1.11 bits per heavy atom. The highest BCUT2D eigenvalue weighted by Gasteiger charge is 2.31. The Kier molecular flexibility index (Phi) is 5.46. The molecule has 1 heterocycles. The average Bonchev–Trinajstić information content (AvgIpc) is 2.94. The van der Waals surface area contributed by atoms with Gasteiger partial charge >= 0.3 is 0 Å². The predicted molar refractivity (Wildman–Crippen MR) is 104 cm³/mol. The first-order valence-electron chi connectivity index (χ1n) is 8.11. The van der Waals surface area contributed by atoms with Gasteiger partial charge < -0.3 is 5.11 Å². The number of benzene rings is 2. The predicted octanol–water partition coefficient (Wildman–Crippen LogP) is 4.18. The minimum atomic E-state index is -1.41. The number of carbonyl (C=O) groups excluding carboxylic acids is 2. The number of rotatable bonds is 5. The molecule has 5 nitrogen and oxygen atoms in total. The SMILES string of the molecule is Cc1nn(C)c(C(=O)C(O)c2ccccc2)c1C(=O)c1ccc(Cl)cc1Cl. The van der Waals surface area contributed by atoms with E-state index in [2.05, 4.69) is 5.10 Å². The molecule has 0 amide bonds. The van der Waals surface area contributed by atoms with E-state index in [4.69, 9.17) is 23.2 Å². The Bertz CT molecular complexity index is 1030. The van der Waals surface area contributed by atoms with Crippen LogP contribution in [0, 0.1) is 6.92 Å². The topological polar surface area (TPSA) is 72.2 Å². The first-order chi connectivity index (χ1) is 12.8. The lowest BCUT2D eigenvalue weighted by Gasteiger charge is -2.12. The fourth-order valence-electron chi connectivity index (χ4n) is 2.94. The summed E-state index contributed by atoms with van der Waals surface area (Å²) in [6.45, 7) is 1.63. The number of halogens is 2. The number of Topliss-reactive ketones (excluding diaryl/α,β-unsaturated/α-hetero) is 1. The number of hydrogen-bond donors (Lipinski definition) is 1. The van der Waals surface area contributed by atoms with Gasteiger partial charge in [-0.3, -0.25) is 14.3 Å². The quantitative estimate of drug-likeness (QED) is 0.649. The lowest BCUT2D eigenvalue weighted by molar-refractivity contribution is 0.0733. The molecule has 0 saturated heterocycles. The monoisotopic (exact) mass is 402 g/mol. The van der Waals surface area contributed by atoms with Crippen LogP contribution in [-0.4, -0.2) is 26.5 Å². The lowest BCUT2D eigenvalue weighted by atomic mass is 9.96. The summed E-state index contributed by atoms with van der Waals surface area (Å²) in [6, 6.07) is 13.0. The maximum atomic E-state index is 13.1. The first kappa shape index (κ1) is 19.3. The van der Waals surface area contributed by atoms with Crippen molar-refractivity contribution >= 4 is 34.8 Å². The van der Waals surface area contributed by atoms with Crippen molar-refractivity contribution < 1.29 is 14.7 Å². The van der Waals surface area contributed by atoms with Gasteiger partial charge in [0, 0.05) is 17.6 Å². The van der Waals surface area contributed by atoms with Crippen LogP contribution in [0.15, 0.2) is 48.5 Å². The lowest BCUT2D eigenvalue weighted by Crippen LogP contribution is -2.19. The van der Waals surface area contributed by atoms with Gasteiger partial charge in [0.25, 0.3) is 0 Å². The van der Waals surface area contributed by atoms with Crippen LogP contribution in [0.5, 0.6) is 0 Å². The van der Waals surface area contributed by atoms with E-state index in [1.54, 1.807) is 50.4 Å². The number of aryl methyl sites for hydroxylation is 2. The number of aromatic nitrogens is 2. The Balaban J connectivity index is 2.08. The second-order valence-corrected chi connectivity index (χ2v) is 6.91. The van der Waals surface area contributed by atoms with E-state index >= 15 is 0 Å². The molecule has 2 aromatic carbocycles. The van der Waals surface area contributed by atoms with Crippen molar-refractivity contribution in [2.45, 2.75) is 13.0 Å². The summed E-state index contributed by atoms with van der Waals surface area (Å²) >= 11 is 12.1. The zero-order valence-electron chi connectivity index (χ0n) is 14.6. The average molecular weight is 403 g/mol. The largest absolute Gasteiger partial charge is 0.380 e. The minimum absolute atomic E-state index is 0.0277. The van der Waals surface area contributed by atoms with Crippen LogP contribution in [-0.2, 0) is 7.05 Å². The Hall–Kier alpha value is -2.47. The highest BCUT2D eigenvalue weighted by molar-refractivity contribution is 6.37. The van der Waals surface area contributed by atoms with Gasteiger partial charge in [-0.25, -0.2) is 0 Å². The van der Waals surface area contributed by atoms with E-state index in [1.165, 1.54) is 16.8 Å². The van der Waals surface area contributed by atoms with Gasteiger partial charge in [0.15, 0.2) is 5.78 Å². The standard InChI is InChI=1S/C20H16Cl2N2O3/c1-11-16(19(26)14-9-8-13(21)10-15(14)22)17(24(2)23-11)20(27)18(25)12-6-4-3-5-7-12/h3-10,18,25H,1-2H3. The molecule has 0 aliphatic heterocycles. The summed E-state index contributed by atoms with van der Waals surface area (Å²) in [5.74, 6) is -1.07. The van der Waals surface area contributed by atoms with E-state index in [1.807, 2.05) is 0 Å². The van der Waals surface area contributed by atoms with Crippen molar-refractivity contribution in [1.82, 2.24) is 9.78 Å². The van der Waals surface area contributed by atoms with Crippen molar-refractivity contribution in [1.29, 1.82) is 0 Å². The van der Waals surface area contributed by atoms with E-state index in [9.17, 15) is 14.7 Å². The maximum Gasteiger partial charge on any atom is 0.214 e. The summed E-state index contributed by atoms with van der Waals surface area (Å²) < 4.78 is 1.31. The van der Waals surface area contributed by atoms with Crippen molar-refractivity contribution in [3.8, 4) is 0 Å². The summed E-state index contributed by atoms with van der Waals surface area (Å²) in [5.41, 5.74) is 1.16. The molecular weight excluding hydrogens is 387 g/mol. The summed E-state index contributed by atoms with van der Waals surface area (Å²) in [7, 11) is 1.55. The molecule has 0 aliphatic carbocycles. The third kappa shape index (κ3) is 3.67. The highest BCUT2D eigenvalue weighted by atomic mass is 35.5. The molecule has 27 heavy (non-hydrogen) atoms. The van der Waals surface area contributed by atoms with Crippen molar-refractivity contribution in [2.75, 3.05) is 0 Å². The molecule has 3 aromatic rings. The van der Waals surface area contributed by atoms with E-state index in [0.717, 1.165) is 0 Å². The first-order valence-corrected chi connectivity index (χ1v) is 8.87. The van der Waals surface area contributed by atoms with Crippen LogP contribution >= 0.6 is 23.2 Å². The molecule has 0 spiro atoms. The van der Waals surface area contributed by atoms with E-state index in [0.29, 0.717) is 16.3 Å². The summed E-state index contributed by atoms with van der Waals surface area (Å²) in [4.78, 5) is 26.0. The molecule has 0 fully saturated rings. The number of carbonyl (C=O) groups is 2. The molecule has 138 valence electrons. The van der Waals surface area contributed by atoms with Crippen molar-refractivity contribution in [2.24, 2.45) is 7.05 Å². The van der Waals surface area contributed by atoms with Crippen LogP contribution in [0.4, 0.5) is 0 Å². The maximum absolute atomic E-state index is 13.1. The van der Waals surface area contributed by atoms with Crippen LogP contribution < -0.4 is 0 Å². The normalized spacial score (nSPS) is 12.0. The second-order valence-electron chi connectivity index (χ2n) is 6.06. The summed E-state index contributed by atoms with van der Waals surface area (Å²) in [5, 5.41) is 15.3. The number of aliphatic hydroxyl groups excluding tert-OH is 1. The van der Waals surface area contributed by atoms with Crippen LogP contribution in [0.25, 0.3) is 0 Å². The van der Waals surface area contributed by atoms with E-state index in [-0.39, 0.29) is 21.8 Å². The van der Waals surface area contributed by atoms with Gasteiger partial charge in [-0.15, -0.1) is 0 Å². The van der Waals surface area contributed by atoms with Crippen LogP contribution in [0.2, 0.25) is 10.0 Å². The zero-order chi connectivity index (χ0) is 19.7. The third-order valence-electron chi connectivity index (χ3n) is 4.22. The fraction of sp³-hybridized carbons (Fsp3) is 0.150. The Labute approximate surface area is 166 Å². The molecule has 1 unspecified atom stereocenters. The zero-order valence-corrected chi connectivity index (χ0v) is 16.1. The van der Waals surface area contributed by atoms with Gasteiger partial charge in [-0.05, 0) is 30.7 Å². The van der Waals surface area contributed by atoms with Crippen LogP contribution in [0.3, 0.4) is 0 Å². The van der Waals surface area contributed by atoms with Gasteiger partial charge in [0.1, 0.15) is 11.8 Å². The minimum Gasteiger partial charge on any atom is -0.380 e. The van der Waals surface area contributed by atoms with Crippen molar-refractivity contribution in [3.05, 3.63) is 86.7 Å². The molecule has 1 N–H and O–H groups in total. The Morgan fingerprint density at radius 3 is 2.41 bits per heavy atom. The number of aliphatic hydroxyl groups is 1. The molecule has 7 heteroatoms.